The highest BCUT2D eigenvalue weighted by Crippen LogP contribution is 2.43. The van der Waals surface area contributed by atoms with Gasteiger partial charge in [-0.2, -0.15) is 0 Å². The number of phosphoric acid groups is 1. The number of carbonyl (C=O) groups is 3. The molecule has 0 fully saturated rings. The van der Waals surface area contributed by atoms with Gasteiger partial charge in [-0.05, 0) is 70.6 Å². The summed E-state index contributed by atoms with van der Waals surface area (Å²) in [6.45, 7) is 2.74. The SMILES string of the molecule is CCCCCCCC/C=C/C/C=C/CCCCC(=O)OC[C@H](COP(=O)(O)OC[C@H](N)C(=O)O)OC(=O)CCCCC/C=C/CCCCCCCCCC. The highest BCUT2D eigenvalue weighted by Gasteiger charge is 2.28. The van der Waals surface area contributed by atoms with Crippen LogP contribution < -0.4 is 5.73 Å². The summed E-state index contributed by atoms with van der Waals surface area (Å²) >= 11 is 0. The quantitative estimate of drug-likeness (QED) is 0.0234. The number of carboxylic acids is 1. The van der Waals surface area contributed by atoms with Crippen molar-refractivity contribution in [3.63, 3.8) is 0 Å². The molecule has 1 unspecified atom stereocenters. The monoisotopic (exact) mass is 786 g/mol. The van der Waals surface area contributed by atoms with Crippen molar-refractivity contribution in [3.8, 4) is 0 Å². The van der Waals surface area contributed by atoms with E-state index < -0.39 is 51.1 Å². The van der Waals surface area contributed by atoms with E-state index >= 15 is 0 Å². The number of aliphatic carboxylic acids is 1. The third-order valence-electron chi connectivity index (χ3n) is 8.86. The van der Waals surface area contributed by atoms with Crippen molar-refractivity contribution in [2.45, 2.75) is 193 Å². The maximum Gasteiger partial charge on any atom is 0.472 e. The molecule has 0 heterocycles. The Morgan fingerprint density at radius 1 is 0.574 bits per heavy atom. The molecule has 54 heavy (non-hydrogen) atoms. The van der Waals surface area contributed by atoms with Gasteiger partial charge in [-0.1, -0.05) is 134 Å². The van der Waals surface area contributed by atoms with Crippen molar-refractivity contribution in [1.29, 1.82) is 0 Å². The largest absolute Gasteiger partial charge is 0.480 e. The van der Waals surface area contributed by atoms with Crippen molar-refractivity contribution >= 4 is 25.7 Å². The van der Waals surface area contributed by atoms with Gasteiger partial charge in [0.05, 0.1) is 13.2 Å². The van der Waals surface area contributed by atoms with Crippen molar-refractivity contribution in [2.24, 2.45) is 5.73 Å². The first kappa shape index (κ1) is 51.7. The molecule has 0 rings (SSSR count). The number of nitrogens with two attached hydrogens (primary N) is 1. The van der Waals surface area contributed by atoms with Gasteiger partial charge in [-0.3, -0.25) is 23.4 Å². The predicted molar refractivity (Wildman–Crippen MR) is 217 cm³/mol. The van der Waals surface area contributed by atoms with Crippen LogP contribution >= 0.6 is 7.82 Å². The summed E-state index contributed by atoms with van der Waals surface area (Å²) in [5.74, 6) is -2.44. The van der Waals surface area contributed by atoms with Crippen molar-refractivity contribution in [3.05, 3.63) is 36.5 Å². The van der Waals surface area contributed by atoms with Crippen LogP contribution in [0.4, 0.5) is 0 Å². The summed E-state index contributed by atoms with van der Waals surface area (Å²) in [7, 11) is -4.72. The lowest BCUT2D eigenvalue weighted by atomic mass is 10.1. The van der Waals surface area contributed by atoms with E-state index in [2.05, 4.69) is 54.8 Å². The lowest BCUT2D eigenvalue weighted by Crippen LogP contribution is -2.34. The van der Waals surface area contributed by atoms with Crippen molar-refractivity contribution in [2.75, 3.05) is 19.8 Å². The number of unbranched alkanes of at least 4 members (excludes halogenated alkanes) is 19. The van der Waals surface area contributed by atoms with E-state index in [4.69, 9.17) is 24.8 Å². The van der Waals surface area contributed by atoms with Gasteiger partial charge < -0.3 is 25.2 Å². The Labute approximate surface area is 327 Å². The van der Waals surface area contributed by atoms with Gasteiger partial charge in [-0.25, -0.2) is 4.57 Å². The summed E-state index contributed by atoms with van der Waals surface area (Å²) in [4.78, 5) is 45.8. The second kappa shape index (κ2) is 37.6. The van der Waals surface area contributed by atoms with Crippen LogP contribution in [0.15, 0.2) is 36.5 Å². The Kier molecular flexibility index (Phi) is 36.0. The van der Waals surface area contributed by atoms with E-state index in [0.717, 1.165) is 51.4 Å². The van der Waals surface area contributed by atoms with Crippen LogP contribution in [-0.4, -0.2) is 59.9 Å². The van der Waals surface area contributed by atoms with Crippen LogP contribution in [0.5, 0.6) is 0 Å². The zero-order valence-electron chi connectivity index (χ0n) is 33.8. The third-order valence-corrected chi connectivity index (χ3v) is 9.81. The molecule has 0 spiro atoms. The molecule has 0 aromatic rings. The first-order valence-electron chi connectivity index (χ1n) is 21.0. The first-order chi connectivity index (χ1) is 26.1. The second-order valence-electron chi connectivity index (χ2n) is 14.1. The highest BCUT2D eigenvalue weighted by molar-refractivity contribution is 7.47. The number of hydrogen-bond donors (Lipinski definition) is 3. The Bertz CT molecular complexity index is 1060. The van der Waals surface area contributed by atoms with Crippen LogP contribution in [-0.2, 0) is 37.5 Å². The molecule has 12 heteroatoms. The molecular formula is C42H76NO10P. The smallest absolute Gasteiger partial charge is 0.472 e. The fourth-order valence-electron chi connectivity index (χ4n) is 5.50. The standard InChI is InChI=1S/C42H76NO10P/c1-3-5-7-9-11-13-15-17-19-21-23-25-27-29-31-33-40(44)50-35-38(36-51-54(48,49)52-37-39(43)42(46)47)53-41(45)34-32-30-28-26-24-22-20-18-16-14-12-10-8-6-4-2/h17,19,22-25,38-39H,3-16,18,20-21,26-37,43H2,1-2H3,(H,46,47)(H,48,49)/b19-17+,24-22+,25-23+/t38-,39+/m1/s1. The molecule has 0 aromatic heterocycles. The van der Waals surface area contributed by atoms with E-state index in [1.165, 1.54) is 89.9 Å². The average Bonchev–Trinajstić information content (AvgIpc) is 3.14. The fourth-order valence-corrected chi connectivity index (χ4v) is 6.28. The average molecular weight is 786 g/mol. The van der Waals surface area contributed by atoms with Crippen LogP contribution in [0.3, 0.4) is 0 Å². The number of carbonyl (C=O) groups excluding carboxylic acids is 2. The molecular weight excluding hydrogens is 709 g/mol. The number of carboxylic acid groups (broad SMARTS) is 1. The van der Waals surface area contributed by atoms with Crippen LogP contribution in [0.2, 0.25) is 0 Å². The molecule has 0 aliphatic carbocycles. The molecule has 3 atom stereocenters. The second-order valence-corrected chi connectivity index (χ2v) is 15.6. The molecule has 0 aliphatic heterocycles. The van der Waals surface area contributed by atoms with Crippen LogP contribution in [0.1, 0.15) is 181 Å². The predicted octanol–water partition coefficient (Wildman–Crippen LogP) is 10.8. The summed E-state index contributed by atoms with van der Waals surface area (Å²) in [6, 6.07) is -1.53. The zero-order valence-corrected chi connectivity index (χ0v) is 34.7. The minimum absolute atomic E-state index is 0.135. The fraction of sp³-hybridized carbons (Fsp3) is 0.786. The minimum Gasteiger partial charge on any atom is -0.480 e. The maximum absolute atomic E-state index is 12.6. The third kappa shape index (κ3) is 36.7. The van der Waals surface area contributed by atoms with Crippen molar-refractivity contribution in [1.82, 2.24) is 0 Å². The van der Waals surface area contributed by atoms with E-state index in [1.54, 1.807) is 0 Å². The van der Waals surface area contributed by atoms with Gasteiger partial charge in [0, 0.05) is 12.8 Å². The van der Waals surface area contributed by atoms with Gasteiger partial charge in [0.15, 0.2) is 6.10 Å². The Hall–Kier alpha value is -2.30. The molecule has 0 saturated heterocycles. The molecule has 0 aliphatic rings. The lowest BCUT2D eigenvalue weighted by molar-refractivity contribution is -0.161. The van der Waals surface area contributed by atoms with E-state index in [0.29, 0.717) is 12.8 Å². The highest BCUT2D eigenvalue weighted by atomic mass is 31.2. The van der Waals surface area contributed by atoms with Gasteiger partial charge >= 0.3 is 25.7 Å². The summed E-state index contributed by atoms with van der Waals surface area (Å²) in [5, 5.41) is 8.87. The van der Waals surface area contributed by atoms with E-state index in [1.807, 2.05) is 0 Å². The Morgan fingerprint density at radius 2 is 0.981 bits per heavy atom. The maximum atomic E-state index is 12.6. The summed E-state index contributed by atoms with van der Waals surface area (Å²) in [5.41, 5.74) is 5.32. The number of rotatable bonds is 39. The zero-order chi connectivity index (χ0) is 40.0. The molecule has 11 nitrogen and oxygen atoms in total. The summed E-state index contributed by atoms with van der Waals surface area (Å²) in [6.07, 6.45) is 39.3. The molecule has 0 radical (unpaired) electrons. The van der Waals surface area contributed by atoms with Gasteiger partial charge in [0.2, 0.25) is 0 Å². The topological polar surface area (TPSA) is 172 Å². The number of allylic oxidation sites excluding steroid dienone is 6. The summed E-state index contributed by atoms with van der Waals surface area (Å²) < 4.78 is 32.6. The number of phosphoric ester groups is 1. The lowest BCUT2D eigenvalue weighted by Gasteiger charge is -2.20. The van der Waals surface area contributed by atoms with Crippen molar-refractivity contribution < 1.29 is 47.5 Å². The van der Waals surface area contributed by atoms with Crippen LogP contribution in [0.25, 0.3) is 0 Å². The Balaban J connectivity index is 4.46. The number of ether oxygens (including phenoxy) is 2. The minimum atomic E-state index is -4.72. The normalized spacial score (nSPS) is 14.1. The number of esters is 2. The Morgan fingerprint density at radius 3 is 1.50 bits per heavy atom. The first-order valence-corrected chi connectivity index (χ1v) is 22.5. The molecule has 314 valence electrons. The molecule has 0 saturated carbocycles. The molecule has 0 amide bonds. The van der Waals surface area contributed by atoms with Gasteiger partial charge in [0.25, 0.3) is 0 Å². The van der Waals surface area contributed by atoms with Gasteiger partial charge in [-0.15, -0.1) is 0 Å². The van der Waals surface area contributed by atoms with E-state index in [9.17, 15) is 23.8 Å². The van der Waals surface area contributed by atoms with E-state index in [-0.39, 0.29) is 19.4 Å². The number of hydrogen-bond acceptors (Lipinski definition) is 9. The molecule has 4 N–H and O–H groups in total. The molecule has 0 aromatic carbocycles. The molecule has 0 bridgehead atoms. The van der Waals surface area contributed by atoms with Gasteiger partial charge in [0.1, 0.15) is 12.6 Å². The van der Waals surface area contributed by atoms with Crippen LogP contribution in [0, 0.1) is 0 Å².